The molecule has 1 amide bonds. The Labute approximate surface area is 91.4 Å². The summed E-state index contributed by atoms with van der Waals surface area (Å²) in [5, 5.41) is 2.17. The molecular weight excluding hydrogens is 218 g/mol. The Hall–Kier alpha value is -1.69. The molecule has 0 aliphatic rings. The molecule has 0 saturated carbocycles. The van der Waals surface area contributed by atoms with Crippen LogP contribution >= 0.6 is 0 Å². The second-order valence-corrected chi connectivity index (χ2v) is 3.24. The third-order valence-electron chi connectivity index (χ3n) is 1.91. The van der Waals surface area contributed by atoms with Crippen molar-refractivity contribution in [3.63, 3.8) is 0 Å². The Morgan fingerprint density at radius 3 is 2.56 bits per heavy atom. The van der Waals surface area contributed by atoms with Gasteiger partial charge in [0.05, 0.1) is 18.8 Å². The van der Waals surface area contributed by atoms with Crippen molar-refractivity contribution in [1.82, 2.24) is 0 Å². The second kappa shape index (κ2) is 4.89. The highest BCUT2D eigenvalue weighted by Crippen LogP contribution is 2.24. The van der Waals surface area contributed by atoms with Crippen LogP contribution in [0.1, 0.15) is 6.92 Å². The molecule has 0 aliphatic carbocycles. The topological polar surface area (TPSA) is 64.3 Å². The van der Waals surface area contributed by atoms with E-state index in [1.807, 2.05) is 0 Å². The number of hydrogen-bond acceptors (Lipinski definition) is 3. The van der Waals surface area contributed by atoms with E-state index in [4.69, 9.17) is 5.73 Å². The van der Waals surface area contributed by atoms with Gasteiger partial charge in [-0.15, -0.1) is 0 Å². The van der Waals surface area contributed by atoms with E-state index >= 15 is 0 Å². The molecular formula is C10H12F2N2O2. The summed E-state index contributed by atoms with van der Waals surface area (Å²) >= 11 is 0. The van der Waals surface area contributed by atoms with Crippen molar-refractivity contribution in [1.29, 1.82) is 0 Å². The van der Waals surface area contributed by atoms with Gasteiger partial charge in [0.25, 0.3) is 0 Å². The third-order valence-corrected chi connectivity index (χ3v) is 1.91. The van der Waals surface area contributed by atoms with E-state index in [0.717, 1.165) is 12.1 Å². The number of nitrogens with one attached hydrogen (secondary N) is 1. The average Bonchev–Trinajstić information content (AvgIpc) is 2.22. The van der Waals surface area contributed by atoms with Gasteiger partial charge >= 0.3 is 0 Å². The normalized spacial score (nSPS) is 12.1. The first-order valence-electron chi connectivity index (χ1n) is 4.55. The SMILES string of the molecule is COc1cc(F)c(NC(=O)C(C)N)cc1F. The molecule has 0 heterocycles. The fourth-order valence-electron chi connectivity index (χ4n) is 1.03. The monoisotopic (exact) mass is 230 g/mol. The molecule has 0 saturated heterocycles. The number of methoxy groups -OCH3 is 1. The molecule has 4 nitrogen and oxygen atoms in total. The zero-order valence-electron chi connectivity index (χ0n) is 8.88. The van der Waals surface area contributed by atoms with Crippen LogP contribution in [-0.4, -0.2) is 19.1 Å². The molecule has 0 aromatic heterocycles. The van der Waals surface area contributed by atoms with Gasteiger partial charge in [-0.05, 0) is 6.92 Å². The Kier molecular flexibility index (Phi) is 3.78. The number of carbonyl (C=O) groups excluding carboxylic acids is 1. The predicted octanol–water partition coefficient (Wildman–Crippen LogP) is 1.26. The second-order valence-electron chi connectivity index (χ2n) is 3.24. The highest BCUT2D eigenvalue weighted by molar-refractivity contribution is 5.94. The number of ether oxygens (including phenoxy) is 1. The van der Waals surface area contributed by atoms with E-state index in [-0.39, 0.29) is 11.4 Å². The van der Waals surface area contributed by atoms with Crippen molar-refractivity contribution >= 4 is 11.6 Å². The van der Waals surface area contributed by atoms with E-state index in [1.165, 1.54) is 14.0 Å². The molecule has 6 heteroatoms. The summed E-state index contributed by atoms with van der Waals surface area (Å²) in [6, 6.07) is 0.894. The molecule has 1 atom stereocenters. The minimum atomic E-state index is -0.801. The quantitative estimate of drug-likeness (QED) is 0.821. The van der Waals surface area contributed by atoms with E-state index in [1.54, 1.807) is 0 Å². The minimum absolute atomic E-state index is 0.226. The lowest BCUT2D eigenvalue weighted by molar-refractivity contribution is -0.117. The van der Waals surface area contributed by atoms with Crippen molar-refractivity contribution in [2.45, 2.75) is 13.0 Å². The summed E-state index contributed by atoms with van der Waals surface area (Å²) in [5.74, 6) is -2.36. The molecule has 16 heavy (non-hydrogen) atoms. The summed E-state index contributed by atoms with van der Waals surface area (Å²) in [5.41, 5.74) is 5.01. The van der Waals surface area contributed by atoms with Crippen LogP contribution < -0.4 is 15.8 Å². The van der Waals surface area contributed by atoms with Crippen LogP contribution in [0.2, 0.25) is 0 Å². The highest BCUT2D eigenvalue weighted by atomic mass is 19.1. The van der Waals surface area contributed by atoms with E-state index in [0.29, 0.717) is 0 Å². The first-order chi connectivity index (χ1) is 7.45. The first kappa shape index (κ1) is 12.4. The number of anilines is 1. The van der Waals surface area contributed by atoms with Gasteiger partial charge in [-0.2, -0.15) is 0 Å². The molecule has 0 aliphatic heterocycles. The molecule has 1 unspecified atom stereocenters. The first-order valence-corrected chi connectivity index (χ1v) is 4.55. The number of halogens is 2. The lowest BCUT2D eigenvalue weighted by atomic mass is 10.2. The van der Waals surface area contributed by atoms with Gasteiger partial charge in [0.2, 0.25) is 5.91 Å². The van der Waals surface area contributed by atoms with E-state index in [9.17, 15) is 13.6 Å². The van der Waals surface area contributed by atoms with Gasteiger partial charge < -0.3 is 15.8 Å². The molecule has 1 aromatic rings. The Morgan fingerprint density at radius 2 is 2.06 bits per heavy atom. The Bertz CT molecular complexity index is 408. The number of carbonyl (C=O) groups is 1. The van der Waals surface area contributed by atoms with E-state index in [2.05, 4.69) is 10.1 Å². The van der Waals surface area contributed by atoms with Gasteiger partial charge in [-0.1, -0.05) is 0 Å². The maximum atomic E-state index is 13.3. The number of amides is 1. The van der Waals surface area contributed by atoms with Crippen LogP contribution in [0.15, 0.2) is 12.1 Å². The van der Waals surface area contributed by atoms with Gasteiger partial charge in [0.15, 0.2) is 17.4 Å². The van der Waals surface area contributed by atoms with Crippen LogP contribution in [0.5, 0.6) is 5.75 Å². The molecule has 88 valence electrons. The van der Waals surface area contributed by atoms with Gasteiger partial charge in [0, 0.05) is 12.1 Å². The number of benzene rings is 1. The summed E-state index contributed by atoms with van der Waals surface area (Å²) in [4.78, 5) is 11.2. The molecule has 1 rings (SSSR count). The molecule has 0 radical (unpaired) electrons. The van der Waals surface area contributed by atoms with Crippen LogP contribution in [0.4, 0.5) is 14.5 Å². The molecule has 1 aromatic carbocycles. The highest BCUT2D eigenvalue weighted by Gasteiger charge is 2.14. The molecule has 0 bridgehead atoms. The third kappa shape index (κ3) is 2.66. The fourth-order valence-corrected chi connectivity index (χ4v) is 1.03. The molecule has 0 fully saturated rings. The standard InChI is InChI=1S/C10H12F2N2O2/c1-5(13)10(15)14-8-3-7(12)9(16-2)4-6(8)11/h3-5H,13H2,1-2H3,(H,14,15). The predicted molar refractivity (Wildman–Crippen MR) is 55.2 cm³/mol. The van der Waals surface area contributed by atoms with Crippen LogP contribution in [-0.2, 0) is 4.79 Å². The Morgan fingerprint density at radius 1 is 1.44 bits per heavy atom. The molecule has 0 spiro atoms. The van der Waals surface area contributed by atoms with Crippen LogP contribution in [0.3, 0.4) is 0 Å². The van der Waals surface area contributed by atoms with Crippen molar-refractivity contribution in [2.75, 3.05) is 12.4 Å². The fraction of sp³-hybridized carbons (Fsp3) is 0.300. The maximum Gasteiger partial charge on any atom is 0.241 e. The summed E-state index contributed by atoms with van der Waals surface area (Å²) in [6.07, 6.45) is 0. The van der Waals surface area contributed by atoms with Crippen molar-refractivity contribution in [3.8, 4) is 5.75 Å². The average molecular weight is 230 g/mol. The van der Waals surface area contributed by atoms with Gasteiger partial charge in [-0.25, -0.2) is 8.78 Å². The maximum absolute atomic E-state index is 13.3. The molecule has 3 N–H and O–H groups in total. The van der Waals surface area contributed by atoms with Gasteiger partial charge in [-0.3, -0.25) is 4.79 Å². The minimum Gasteiger partial charge on any atom is -0.494 e. The Balaban J connectivity index is 2.98. The largest absolute Gasteiger partial charge is 0.494 e. The number of nitrogens with two attached hydrogens (primary N) is 1. The van der Waals surface area contributed by atoms with Gasteiger partial charge in [0.1, 0.15) is 0 Å². The van der Waals surface area contributed by atoms with Crippen LogP contribution in [0, 0.1) is 11.6 Å². The van der Waals surface area contributed by atoms with Crippen LogP contribution in [0.25, 0.3) is 0 Å². The zero-order valence-corrected chi connectivity index (χ0v) is 8.88. The van der Waals surface area contributed by atoms with E-state index < -0.39 is 23.6 Å². The lowest BCUT2D eigenvalue weighted by Gasteiger charge is -2.10. The number of rotatable bonds is 3. The summed E-state index contributed by atoms with van der Waals surface area (Å²) in [6.45, 7) is 1.44. The number of hydrogen-bond donors (Lipinski definition) is 2. The van der Waals surface area contributed by atoms with Crippen molar-refractivity contribution in [2.24, 2.45) is 5.73 Å². The summed E-state index contributed by atoms with van der Waals surface area (Å²) < 4.78 is 31.1. The zero-order chi connectivity index (χ0) is 12.3. The van der Waals surface area contributed by atoms with Crippen molar-refractivity contribution < 1.29 is 18.3 Å². The summed E-state index contributed by atoms with van der Waals surface area (Å²) in [7, 11) is 1.22. The smallest absolute Gasteiger partial charge is 0.241 e. The lowest BCUT2D eigenvalue weighted by Crippen LogP contribution is -2.32. The van der Waals surface area contributed by atoms with Crippen molar-refractivity contribution in [3.05, 3.63) is 23.8 Å².